The Morgan fingerprint density at radius 3 is 2.40 bits per heavy atom. The van der Waals surface area contributed by atoms with Crippen LogP contribution in [0.15, 0.2) is 22.8 Å². The smallest absolute Gasteiger partial charge is 0.224 e. The first-order valence-electron chi connectivity index (χ1n) is 3.07. The highest BCUT2D eigenvalue weighted by Crippen LogP contribution is 1.85. The molecule has 0 saturated heterocycles. The van der Waals surface area contributed by atoms with Gasteiger partial charge in [-0.2, -0.15) is 0 Å². The molecule has 0 rings (SSSR count). The third-order valence-electron chi connectivity index (χ3n) is 0.851. The Bertz CT molecular complexity index is 156. The van der Waals surface area contributed by atoms with Crippen molar-refractivity contribution in [1.82, 2.24) is 4.90 Å². The van der Waals surface area contributed by atoms with Gasteiger partial charge in [0.25, 0.3) is 0 Å². The van der Waals surface area contributed by atoms with Gasteiger partial charge in [-0.15, -0.1) is 0 Å². The van der Waals surface area contributed by atoms with E-state index in [-0.39, 0.29) is 0 Å². The fraction of sp³-hybridized carbons (Fsp3) is 0.429. The SMILES string of the molecule is C=CN=C(N=CC)N(C)C. The van der Waals surface area contributed by atoms with Crippen LogP contribution in [0.4, 0.5) is 0 Å². The number of rotatable bonds is 1. The van der Waals surface area contributed by atoms with Crippen LogP contribution in [-0.4, -0.2) is 31.2 Å². The van der Waals surface area contributed by atoms with Crippen molar-refractivity contribution in [1.29, 1.82) is 0 Å². The molecule has 0 aliphatic heterocycles. The number of hydrogen-bond donors (Lipinski definition) is 0. The summed E-state index contributed by atoms with van der Waals surface area (Å²) in [5, 5.41) is 0. The van der Waals surface area contributed by atoms with Crippen molar-refractivity contribution in [2.45, 2.75) is 6.92 Å². The molecule has 0 atom stereocenters. The van der Waals surface area contributed by atoms with E-state index in [0.29, 0.717) is 5.96 Å². The molecule has 0 N–H and O–H groups in total. The third kappa shape index (κ3) is 3.02. The van der Waals surface area contributed by atoms with E-state index in [0.717, 1.165) is 0 Å². The van der Waals surface area contributed by atoms with Crippen LogP contribution in [0, 0.1) is 0 Å². The highest BCUT2D eigenvalue weighted by atomic mass is 15.2. The average molecular weight is 139 g/mol. The first-order valence-corrected chi connectivity index (χ1v) is 3.07. The van der Waals surface area contributed by atoms with E-state index in [1.165, 1.54) is 6.20 Å². The average Bonchev–Trinajstić information content (AvgIpc) is 1.87. The Hall–Kier alpha value is -1.12. The van der Waals surface area contributed by atoms with Gasteiger partial charge in [0, 0.05) is 26.5 Å². The van der Waals surface area contributed by atoms with E-state index >= 15 is 0 Å². The summed E-state index contributed by atoms with van der Waals surface area (Å²) in [5.41, 5.74) is 0. The first kappa shape index (κ1) is 8.88. The van der Waals surface area contributed by atoms with E-state index < -0.39 is 0 Å². The summed E-state index contributed by atoms with van der Waals surface area (Å²) in [6.07, 6.45) is 3.17. The maximum Gasteiger partial charge on any atom is 0.224 e. The molecular weight excluding hydrogens is 126 g/mol. The van der Waals surface area contributed by atoms with E-state index in [4.69, 9.17) is 0 Å². The van der Waals surface area contributed by atoms with Crippen LogP contribution in [0.5, 0.6) is 0 Å². The van der Waals surface area contributed by atoms with E-state index in [1.54, 1.807) is 6.21 Å². The summed E-state index contributed by atoms with van der Waals surface area (Å²) in [6, 6.07) is 0. The lowest BCUT2D eigenvalue weighted by atomic mass is 10.7. The fourth-order valence-corrected chi connectivity index (χ4v) is 0.461. The van der Waals surface area contributed by atoms with Crippen LogP contribution in [0.25, 0.3) is 0 Å². The molecule has 0 saturated carbocycles. The molecule has 3 heteroatoms. The third-order valence-corrected chi connectivity index (χ3v) is 0.851. The Morgan fingerprint density at radius 2 is 2.10 bits per heavy atom. The lowest BCUT2D eigenvalue weighted by Crippen LogP contribution is -2.19. The molecule has 0 aliphatic rings. The monoisotopic (exact) mass is 139 g/mol. The zero-order chi connectivity index (χ0) is 7.98. The molecule has 0 radical (unpaired) electrons. The summed E-state index contributed by atoms with van der Waals surface area (Å²) in [4.78, 5) is 9.74. The molecule has 0 aliphatic carbocycles. The van der Waals surface area contributed by atoms with E-state index in [1.807, 2.05) is 25.9 Å². The zero-order valence-corrected chi connectivity index (χ0v) is 6.70. The number of hydrogen-bond acceptors (Lipinski definition) is 1. The summed E-state index contributed by atoms with van der Waals surface area (Å²) in [6.45, 7) is 5.33. The normalized spacial score (nSPS) is 12.1. The second kappa shape index (κ2) is 4.73. The maximum atomic E-state index is 3.99. The fourth-order valence-electron chi connectivity index (χ4n) is 0.461. The molecule has 0 aromatic carbocycles. The molecule has 0 amide bonds. The molecule has 0 aromatic heterocycles. The maximum absolute atomic E-state index is 3.99. The van der Waals surface area contributed by atoms with Crippen LogP contribution in [0.1, 0.15) is 6.92 Å². The van der Waals surface area contributed by atoms with E-state index in [2.05, 4.69) is 16.6 Å². The minimum absolute atomic E-state index is 0.664. The summed E-state index contributed by atoms with van der Waals surface area (Å²) in [7, 11) is 3.77. The highest BCUT2D eigenvalue weighted by molar-refractivity contribution is 5.87. The topological polar surface area (TPSA) is 28.0 Å². The van der Waals surface area contributed by atoms with Gasteiger partial charge in [0.05, 0.1) is 0 Å². The minimum Gasteiger partial charge on any atom is -0.347 e. The molecule has 56 valence electrons. The number of nitrogens with zero attached hydrogens (tertiary/aromatic N) is 3. The second-order valence-corrected chi connectivity index (χ2v) is 1.89. The van der Waals surface area contributed by atoms with Crippen molar-refractivity contribution in [2.24, 2.45) is 9.98 Å². The standard InChI is InChI=1S/C7H13N3/c1-5-8-7(9-6-2)10(3)4/h5-6H,1H2,2-4H3. The van der Waals surface area contributed by atoms with Gasteiger partial charge >= 0.3 is 0 Å². The second-order valence-electron chi connectivity index (χ2n) is 1.89. The van der Waals surface area contributed by atoms with Gasteiger partial charge in [0.2, 0.25) is 5.96 Å². The first-order chi connectivity index (χ1) is 4.72. The number of aliphatic imine (C=N–C) groups is 2. The van der Waals surface area contributed by atoms with Crippen LogP contribution in [0.2, 0.25) is 0 Å². The molecular formula is C7H13N3. The van der Waals surface area contributed by atoms with Crippen molar-refractivity contribution >= 4 is 12.2 Å². The van der Waals surface area contributed by atoms with Gasteiger partial charge < -0.3 is 4.90 Å². The van der Waals surface area contributed by atoms with Crippen molar-refractivity contribution in [3.8, 4) is 0 Å². The highest BCUT2D eigenvalue weighted by Gasteiger charge is 1.93. The quantitative estimate of drug-likeness (QED) is 0.395. The van der Waals surface area contributed by atoms with Gasteiger partial charge in [-0.1, -0.05) is 6.58 Å². The van der Waals surface area contributed by atoms with Crippen molar-refractivity contribution in [3.63, 3.8) is 0 Å². The Balaban J connectivity index is 4.25. The van der Waals surface area contributed by atoms with Gasteiger partial charge in [-0.25, -0.2) is 9.98 Å². The molecule has 0 aromatic rings. The van der Waals surface area contributed by atoms with Crippen molar-refractivity contribution in [3.05, 3.63) is 12.8 Å². The molecule has 0 bridgehead atoms. The summed E-state index contributed by atoms with van der Waals surface area (Å²) < 4.78 is 0. The van der Waals surface area contributed by atoms with E-state index in [9.17, 15) is 0 Å². The van der Waals surface area contributed by atoms with Crippen molar-refractivity contribution < 1.29 is 0 Å². The van der Waals surface area contributed by atoms with Crippen LogP contribution >= 0.6 is 0 Å². The minimum atomic E-state index is 0.664. The molecule has 0 unspecified atom stereocenters. The Kier molecular flexibility index (Phi) is 4.20. The predicted molar refractivity (Wildman–Crippen MR) is 45.5 cm³/mol. The van der Waals surface area contributed by atoms with Gasteiger partial charge in [0.1, 0.15) is 0 Å². The van der Waals surface area contributed by atoms with Crippen LogP contribution in [-0.2, 0) is 0 Å². The Morgan fingerprint density at radius 1 is 1.50 bits per heavy atom. The molecule has 10 heavy (non-hydrogen) atoms. The summed E-state index contributed by atoms with van der Waals surface area (Å²) >= 11 is 0. The molecule has 3 nitrogen and oxygen atoms in total. The lowest BCUT2D eigenvalue weighted by Gasteiger charge is -2.08. The molecule has 0 fully saturated rings. The molecule has 0 heterocycles. The zero-order valence-electron chi connectivity index (χ0n) is 6.70. The van der Waals surface area contributed by atoms with Crippen LogP contribution in [0.3, 0.4) is 0 Å². The number of guanidine groups is 1. The lowest BCUT2D eigenvalue weighted by molar-refractivity contribution is 0.615. The molecule has 0 spiro atoms. The van der Waals surface area contributed by atoms with Gasteiger partial charge in [0.15, 0.2) is 0 Å². The largest absolute Gasteiger partial charge is 0.347 e. The van der Waals surface area contributed by atoms with Crippen LogP contribution < -0.4 is 0 Å². The summed E-state index contributed by atoms with van der Waals surface area (Å²) in [5.74, 6) is 0.664. The van der Waals surface area contributed by atoms with Crippen molar-refractivity contribution in [2.75, 3.05) is 14.1 Å². The van der Waals surface area contributed by atoms with Gasteiger partial charge in [-0.3, -0.25) is 0 Å². The predicted octanol–water partition coefficient (Wildman–Crippen LogP) is 1.14. The Labute approximate surface area is 61.8 Å². The van der Waals surface area contributed by atoms with Gasteiger partial charge in [-0.05, 0) is 6.92 Å².